The zero-order chi connectivity index (χ0) is 14.9. The Bertz CT molecular complexity index is 610. The van der Waals surface area contributed by atoms with Crippen LogP contribution in [0.1, 0.15) is 0 Å². The first-order chi connectivity index (χ1) is 9.29. The van der Waals surface area contributed by atoms with Gasteiger partial charge >= 0.3 is 0 Å². The third-order valence-electron chi connectivity index (χ3n) is 2.71. The van der Waals surface area contributed by atoms with Gasteiger partial charge in [0.25, 0.3) is 0 Å². The molecule has 0 fully saturated rings. The van der Waals surface area contributed by atoms with Crippen molar-refractivity contribution in [1.29, 1.82) is 0 Å². The number of alkyl halides is 1. The van der Waals surface area contributed by atoms with E-state index in [1.54, 1.807) is 12.1 Å². The number of nitrogens with one attached hydrogen (secondary N) is 1. The number of carbonyl (C=O) groups is 1. The highest BCUT2D eigenvalue weighted by molar-refractivity contribution is 6.42. The van der Waals surface area contributed by atoms with Gasteiger partial charge in [0, 0.05) is 10.7 Å². The molecule has 0 saturated carbocycles. The molecule has 2 N–H and O–H groups in total. The Labute approximate surface area is 135 Å². The van der Waals surface area contributed by atoms with Gasteiger partial charge in [-0.05, 0) is 36.4 Å². The molecule has 20 heavy (non-hydrogen) atoms. The maximum atomic E-state index is 12.2. The molecule has 0 saturated heterocycles. The quantitative estimate of drug-likeness (QED) is 0.785. The summed E-state index contributed by atoms with van der Waals surface area (Å²) in [5.74, 6) is -1.53. The summed E-state index contributed by atoms with van der Waals surface area (Å²) < 4.78 is 0. The van der Waals surface area contributed by atoms with E-state index in [2.05, 4.69) is 5.32 Å². The molecule has 0 aliphatic heterocycles. The number of carbonyl (C=O) groups excluding carboxylic acids is 1. The number of benzene rings is 1. The first-order valence-electron chi connectivity index (χ1n) is 5.53. The molecule has 1 aromatic rings. The number of hydrogen-bond acceptors (Lipinski definition) is 2. The Morgan fingerprint density at radius 2 is 1.95 bits per heavy atom. The van der Waals surface area contributed by atoms with Crippen LogP contribution < -0.4 is 5.32 Å². The Morgan fingerprint density at radius 3 is 2.60 bits per heavy atom. The third kappa shape index (κ3) is 3.48. The second-order valence-corrected chi connectivity index (χ2v) is 6.06. The molecule has 0 spiro atoms. The molecule has 0 bridgehead atoms. The van der Waals surface area contributed by atoms with E-state index in [4.69, 9.17) is 46.4 Å². The smallest absolute Gasteiger partial charge is 0.235 e. The molecule has 0 radical (unpaired) electrons. The largest absolute Gasteiger partial charge is 0.370 e. The fourth-order valence-electron chi connectivity index (χ4n) is 1.69. The van der Waals surface area contributed by atoms with Crippen LogP contribution in [-0.4, -0.2) is 16.1 Å². The van der Waals surface area contributed by atoms with Gasteiger partial charge in [0.05, 0.1) is 10.0 Å². The van der Waals surface area contributed by atoms with E-state index in [0.29, 0.717) is 20.8 Å². The maximum Gasteiger partial charge on any atom is 0.235 e. The van der Waals surface area contributed by atoms with Crippen LogP contribution in [0.2, 0.25) is 10.0 Å². The molecule has 106 valence electrons. The third-order valence-corrected chi connectivity index (χ3v) is 4.06. The minimum absolute atomic E-state index is 0.308. The second kappa shape index (κ2) is 5.96. The van der Waals surface area contributed by atoms with Gasteiger partial charge < -0.3 is 10.4 Å². The number of hydrogen-bond donors (Lipinski definition) is 2. The zero-order valence-electron chi connectivity index (χ0n) is 9.91. The van der Waals surface area contributed by atoms with Gasteiger partial charge in [-0.15, -0.1) is 0 Å². The zero-order valence-corrected chi connectivity index (χ0v) is 12.9. The molecule has 1 amide bonds. The van der Waals surface area contributed by atoms with Crippen LogP contribution in [0.15, 0.2) is 41.5 Å². The summed E-state index contributed by atoms with van der Waals surface area (Å²) in [4.78, 5) is 12.2. The SMILES string of the molecule is O=C(Nc1ccc(Cl)c(Cl)c1)C1C=C(Cl)C=CC1(O)Cl. The van der Waals surface area contributed by atoms with E-state index in [9.17, 15) is 9.90 Å². The molecule has 1 aliphatic rings. The second-order valence-electron chi connectivity index (χ2n) is 4.21. The fourth-order valence-corrected chi connectivity index (χ4v) is 2.40. The topological polar surface area (TPSA) is 49.3 Å². The molecule has 3 nitrogen and oxygen atoms in total. The van der Waals surface area contributed by atoms with Gasteiger partial charge in [-0.25, -0.2) is 0 Å². The summed E-state index contributed by atoms with van der Waals surface area (Å²) in [6.45, 7) is 0. The van der Waals surface area contributed by atoms with Gasteiger partial charge in [0.2, 0.25) is 5.91 Å². The van der Waals surface area contributed by atoms with Crippen LogP contribution in [0.3, 0.4) is 0 Å². The Hall–Kier alpha value is -0.710. The molecular weight excluding hydrogens is 344 g/mol. The van der Waals surface area contributed by atoms with Crippen molar-refractivity contribution in [2.75, 3.05) is 5.32 Å². The summed E-state index contributed by atoms with van der Waals surface area (Å²) in [6.07, 6.45) is 4.06. The average molecular weight is 353 g/mol. The Balaban J connectivity index is 2.19. The number of amides is 1. The van der Waals surface area contributed by atoms with E-state index >= 15 is 0 Å². The maximum absolute atomic E-state index is 12.2. The van der Waals surface area contributed by atoms with Crippen molar-refractivity contribution < 1.29 is 9.90 Å². The standard InChI is InChI=1S/C13H9Cl4NO2/c14-7-3-4-13(17,20)9(5-7)12(19)18-8-1-2-10(15)11(16)6-8/h1-6,9,20H,(H,18,19). The molecule has 2 unspecified atom stereocenters. The molecule has 2 rings (SSSR count). The number of aliphatic hydroxyl groups is 1. The Morgan fingerprint density at radius 1 is 1.25 bits per heavy atom. The van der Waals surface area contributed by atoms with Crippen molar-refractivity contribution >= 4 is 58.0 Å². The van der Waals surface area contributed by atoms with E-state index in [1.165, 1.54) is 24.3 Å². The summed E-state index contributed by atoms with van der Waals surface area (Å²) >= 11 is 23.3. The first kappa shape index (κ1) is 15.7. The monoisotopic (exact) mass is 351 g/mol. The van der Waals surface area contributed by atoms with Gasteiger partial charge in [0.1, 0.15) is 5.92 Å². The molecule has 0 aromatic heterocycles. The van der Waals surface area contributed by atoms with Gasteiger partial charge in [-0.2, -0.15) is 0 Å². The van der Waals surface area contributed by atoms with E-state index in [1.807, 2.05) is 0 Å². The lowest BCUT2D eigenvalue weighted by molar-refractivity contribution is -0.121. The summed E-state index contributed by atoms with van der Waals surface area (Å²) in [7, 11) is 0. The van der Waals surface area contributed by atoms with Crippen LogP contribution >= 0.6 is 46.4 Å². The molecule has 0 heterocycles. The van der Waals surface area contributed by atoms with Crippen molar-refractivity contribution in [3.8, 4) is 0 Å². The van der Waals surface area contributed by atoms with Gasteiger partial charge in [-0.1, -0.05) is 46.4 Å². The number of halogens is 4. The summed E-state index contributed by atoms with van der Waals surface area (Å²) in [5.41, 5.74) is 0.441. The highest BCUT2D eigenvalue weighted by Crippen LogP contribution is 2.33. The van der Waals surface area contributed by atoms with Crippen LogP contribution in [0.4, 0.5) is 5.69 Å². The molecule has 1 aromatic carbocycles. The molecule has 2 atom stereocenters. The Kier molecular flexibility index (Phi) is 4.67. The van der Waals surface area contributed by atoms with Crippen molar-refractivity contribution in [2.24, 2.45) is 5.92 Å². The van der Waals surface area contributed by atoms with Crippen LogP contribution in [0, 0.1) is 5.92 Å². The number of anilines is 1. The van der Waals surface area contributed by atoms with Crippen LogP contribution in [0.25, 0.3) is 0 Å². The van der Waals surface area contributed by atoms with E-state index in [0.717, 1.165) is 0 Å². The van der Waals surface area contributed by atoms with Crippen molar-refractivity contribution in [2.45, 2.75) is 5.06 Å². The number of rotatable bonds is 2. The predicted molar refractivity (Wildman–Crippen MR) is 82.5 cm³/mol. The fraction of sp³-hybridized carbons (Fsp3) is 0.154. The lowest BCUT2D eigenvalue weighted by Gasteiger charge is -2.27. The molecular formula is C13H9Cl4NO2. The normalized spacial score (nSPS) is 25.2. The minimum Gasteiger partial charge on any atom is -0.370 e. The minimum atomic E-state index is -1.82. The number of allylic oxidation sites excluding steroid dienone is 2. The van der Waals surface area contributed by atoms with E-state index in [-0.39, 0.29) is 0 Å². The molecule has 1 aliphatic carbocycles. The lowest BCUT2D eigenvalue weighted by Crippen LogP contribution is -2.39. The van der Waals surface area contributed by atoms with Crippen LogP contribution in [-0.2, 0) is 4.79 Å². The van der Waals surface area contributed by atoms with Crippen LogP contribution in [0.5, 0.6) is 0 Å². The van der Waals surface area contributed by atoms with Crippen molar-refractivity contribution in [3.05, 3.63) is 51.5 Å². The molecule has 7 heteroatoms. The van der Waals surface area contributed by atoms with Gasteiger partial charge in [-0.3, -0.25) is 4.79 Å². The highest BCUT2D eigenvalue weighted by Gasteiger charge is 2.38. The summed E-state index contributed by atoms with van der Waals surface area (Å²) in [5, 5.41) is 11.7. The first-order valence-corrected chi connectivity index (χ1v) is 7.04. The van der Waals surface area contributed by atoms with E-state index < -0.39 is 16.9 Å². The lowest BCUT2D eigenvalue weighted by atomic mass is 9.96. The average Bonchev–Trinajstić information content (AvgIpc) is 2.37. The van der Waals surface area contributed by atoms with Gasteiger partial charge in [0.15, 0.2) is 5.06 Å². The van der Waals surface area contributed by atoms with Crippen molar-refractivity contribution in [1.82, 2.24) is 0 Å². The van der Waals surface area contributed by atoms with Crippen molar-refractivity contribution in [3.63, 3.8) is 0 Å². The predicted octanol–water partition coefficient (Wildman–Crippen LogP) is 4.17. The highest BCUT2D eigenvalue weighted by atomic mass is 35.5. The summed E-state index contributed by atoms with van der Waals surface area (Å²) in [6, 6.07) is 4.64.